The van der Waals surface area contributed by atoms with Crippen LogP contribution in [0.4, 0.5) is 5.00 Å². The Bertz CT molecular complexity index is 421. The first-order valence-electron chi connectivity index (χ1n) is 6.06. The average Bonchev–Trinajstić information content (AvgIpc) is 2.55. The molecule has 1 aromatic rings. The van der Waals surface area contributed by atoms with E-state index >= 15 is 0 Å². The van der Waals surface area contributed by atoms with Crippen molar-refractivity contribution < 1.29 is 9.53 Å². The van der Waals surface area contributed by atoms with E-state index in [9.17, 15) is 4.79 Å². The first-order valence-corrected chi connectivity index (χ1v) is 6.88. The average molecular weight is 270 g/mol. The molecule has 0 aliphatic heterocycles. The fourth-order valence-electron chi connectivity index (χ4n) is 2.12. The van der Waals surface area contributed by atoms with Crippen molar-refractivity contribution in [1.29, 1.82) is 0 Å². The van der Waals surface area contributed by atoms with Gasteiger partial charge in [0.25, 0.3) is 0 Å². The number of nitrogens with two attached hydrogens (primary N) is 1. The maximum absolute atomic E-state index is 11.4. The summed E-state index contributed by atoms with van der Waals surface area (Å²) in [6.45, 7) is 8.86. The van der Waals surface area contributed by atoms with E-state index in [0.29, 0.717) is 16.3 Å². The maximum Gasteiger partial charge on any atom is 0.359 e. The van der Waals surface area contributed by atoms with Crippen LogP contribution < -0.4 is 5.73 Å². The van der Waals surface area contributed by atoms with Gasteiger partial charge in [-0.2, -0.15) is 0 Å². The molecule has 1 heterocycles. The van der Waals surface area contributed by atoms with Gasteiger partial charge in [-0.15, -0.1) is 11.3 Å². The van der Waals surface area contributed by atoms with Gasteiger partial charge in [0.2, 0.25) is 0 Å². The fourth-order valence-corrected chi connectivity index (χ4v) is 3.11. The second-order valence-electron chi connectivity index (χ2n) is 5.89. The Hall–Kier alpha value is -1.10. The van der Waals surface area contributed by atoms with Crippen LogP contribution in [0.3, 0.4) is 0 Å². The van der Waals surface area contributed by atoms with Crippen molar-refractivity contribution in [3.8, 4) is 0 Å². The van der Waals surface area contributed by atoms with Crippen LogP contribution in [0.15, 0.2) is 0 Å². The predicted octanol–water partition coefficient (Wildman–Crippen LogP) is 3.13. The number of anilines is 1. The van der Waals surface area contributed by atoms with Crippen LogP contribution >= 0.6 is 11.3 Å². The van der Waals surface area contributed by atoms with Crippen LogP contribution in [0, 0.1) is 11.3 Å². The number of hydrogen-bond donors (Lipinski definition) is 1. The molecule has 1 atom stereocenters. The minimum absolute atomic E-state index is 0.250. The van der Waals surface area contributed by atoms with E-state index in [-0.39, 0.29) is 5.69 Å². The van der Waals surface area contributed by atoms with Gasteiger partial charge in [-0.05, 0) is 17.8 Å². The summed E-state index contributed by atoms with van der Waals surface area (Å²) >= 11 is 1.38. The Labute approximate surface area is 113 Å². The van der Waals surface area contributed by atoms with E-state index in [1.54, 1.807) is 0 Å². The van der Waals surface area contributed by atoms with Crippen molar-refractivity contribution in [3.05, 3.63) is 10.7 Å². The quantitative estimate of drug-likeness (QED) is 0.854. The summed E-state index contributed by atoms with van der Waals surface area (Å²) in [5.41, 5.74) is 6.33. The third-order valence-electron chi connectivity index (χ3n) is 2.56. The van der Waals surface area contributed by atoms with Crippen LogP contribution in [0.1, 0.15) is 49.6 Å². The van der Waals surface area contributed by atoms with Crippen molar-refractivity contribution in [3.63, 3.8) is 0 Å². The van der Waals surface area contributed by atoms with Gasteiger partial charge in [0.05, 0.1) is 12.1 Å². The van der Waals surface area contributed by atoms with E-state index in [4.69, 9.17) is 5.73 Å². The molecule has 102 valence electrons. The number of aromatic nitrogens is 1. The lowest BCUT2D eigenvalue weighted by molar-refractivity contribution is 0.0596. The van der Waals surface area contributed by atoms with Gasteiger partial charge in [0.1, 0.15) is 5.00 Å². The van der Waals surface area contributed by atoms with Crippen molar-refractivity contribution >= 4 is 22.3 Å². The standard InChI is InChI=1S/C13H22N2O2S/c1-8(7-13(2,3)4)6-9-15-10(11(14)18-9)12(16)17-5/h8H,6-7,14H2,1-5H3. The number of nitrogen functional groups attached to an aromatic ring is 1. The normalized spacial score (nSPS) is 13.4. The molecule has 0 saturated carbocycles. The van der Waals surface area contributed by atoms with Gasteiger partial charge < -0.3 is 10.5 Å². The molecule has 1 rings (SSSR count). The second-order valence-corrected chi connectivity index (χ2v) is 7.00. The SMILES string of the molecule is COC(=O)c1nc(CC(C)CC(C)(C)C)sc1N. The molecule has 0 saturated heterocycles. The monoisotopic (exact) mass is 270 g/mol. The Kier molecular flexibility index (Phi) is 4.73. The molecule has 18 heavy (non-hydrogen) atoms. The van der Waals surface area contributed by atoms with Gasteiger partial charge in [0, 0.05) is 6.42 Å². The predicted molar refractivity (Wildman–Crippen MR) is 74.8 cm³/mol. The van der Waals surface area contributed by atoms with Gasteiger partial charge in [-0.3, -0.25) is 0 Å². The zero-order chi connectivity index (χ0) is 13.9. The van der Waals surface area contributed by atoms with Crippen LogP contribution in [-0.4, -0.2) is 18.1 Å². The minimum Gasteiger partial charge on any atom is -0.464 e. The molecule has 0 aromatic carbocycles. The van der Waals surface area contributed by atoms with Gasteiger partial charge in [0.15, 0.2) is 5.69 Å². The topological polar surface area (TPSA) is 65.2 Å². The fraction of sp³-hybridized carbons (Fsp3) is 0.692. The van der Waals surface area contributed by atoms with Crippen molar-refractivity contribution in [2.45, 2.75) is 40.5 Å². The number of carbonyl (C=O) groups excluding carboxylic acids is 1. The Balaban J connectivity index is 2.72. The Morgan fingerprint density at radius 2 is 2.11 bits per heavy atom. The first-order chi connectivity index (χ1) is 8.23. The maximum atomic E-state index is 11.4. The molecule has 4 nitrogen and oxygen atoms in total. The summed E-state index contributed by atoms with van der Waals surface area (Å²) in [5.74, 6) is 0.0551. The van der Waals surface area contributed by atoms with E-state index in [1.807, 2.05) is 0 Å². The van der Waals surface area contributed by atoms with Gasteiger partial charge in [-0.1, -0.05) is 27.7 Å². The number of rotatable bonds is 4. The van der Waals surface area contributed by atoms with E-state index in [2.05, 4.69) is 37.4 Å². The molecule has 0 bridgehead atoms. The van der Waals surface area contributed by atoms with E-state index < -0.39 is 5.97 Å². The minimum atomic E-state index is -0.460. The van der Waals surface area contributed by atoms with Crippen molar-refractivity contribution in [1.82, 2.24) is 4.98 Å². The molecule has 1 unspecified atom stereocenters. The van der Waals surface area contributed by atoms with Crippen LogP contribution in [0.5, 0.6) is 0 Å². The zero-order valence-corrected chi connectivity index (χ0v) is 12.6. The number of hydrogen-bond acceptors (Lipinski definition) is 5. The van der Waals surface area contributed by atoms with Gasteiger partial charge in [-0.25, -0.2) is 9.78 Å². The molecule has 0 fully saturated rings. The van der Waals surface area contributed by atoms with Crippen molar-refractivity contribution in [2.24, 2.45) is 11.3 Å². The summed E-state index contributed by atoms with van der Waals surface area (Å²) in [6, 6.07) is 0. The molecule has 0 amide bonds. The summed E-state index contributed by atoms with van der Waals surface area (Å²) in [4.78, 5) is 15.7. The molecule has 2 N–H and O–H groups in total. The number of nitrogens with zero attached hydrogens (tertiary/aromatic N) is 1. The Morgan fingerprint density at radius 3 is 2.61 bits per heavy atom. The third-order valence-corrected chi connectivity index (χ3v) is 3.47. The lowest BCUT2D eigenvalue weighted by Gasteiger charge is -2.22. The van der Waals surface area contributed by atoms with Crippen LogP contribution in [0.2, 0.25) is 0 Å². The highest BCUT2D eigenvalue weighted by molar-refractivity contribution is 7.15. The number of carbonyl (C=O) groups is 1. The lowest BCUT2D eigenvalue weighted by Crippen LogP contribution is -2.13. The molecule has 0 aliphatic rings. The molecular weight excluding hydrogens is 248 g/mol. The third kappa shape index (κ3) is 4.29. The molecular formula is C13H22N2O2S. The lowest BCUT2D eigenvalue weighted by atomic mass is 9.84. The summed E-state index contributed by atoms with van der Waals surface area (Å²) in [5, 5.41) is 1.35. The number of methoxy groups -OCH3 is 1. The first kappa shape index (κ1) is 15.0. The molecule has 0 aliphatic carbocycles. The highest BCUT2D eigenvalue weighted by atomic mass is 32.1. The van der Waals surface area contributed by atoms with E-state index in [0.717, 1.165) is 17.8 Å². The second kappa shape index (κ2) is 5.69. The van der Waals surface area contributed by atoms with Crippen molar-refractivity contribution in [2.75, 3.05) is 12.8 Å². The van der Waals surface area contributed by atoms with Crippen LogP contribution in [-0.2, 0) is 11.2 Å². The molecule has 0 radical (unpaired) electrons. The molecule has 5 heteroatoms. The number of ether oxygens (including phenoxy) is 1. The highest BCUT2D eigenvalue weighted by Gasteiger charge is 2.20. The van der Waals surface area contributed by atoms with E-state index in [1.165, 1.54) is 18.4 Å². The molecule has 1 aromatic heterocycles. The summed E-state index contributed by atoms with van der Waals surface area (Å²) in [7, 11) is 1.34. The number of thiazole rings is 1. The molecule has 0 spiro atoms. The van der Waals surface area contributed by atoms with Crippen LogP contribution in [0.25, 0.3) is 0 Å². The largest absolute Gasteiger partial charge is 0.464 e. The smallest absolute Gasteiger partial charge is 0.359 e. The Morgan fingerprint density at radius 1 is 1.50 bits per heavy atom. The summed E-state index contributed by atoms with van der Waals surface area (Å²) in [6.07, 6.45) is 1.96. The highest BCUT2D eigenvalue weighted by Crippen LogP contribution is 2.29. The van der Waals surface area contributed by atoms with Gasteiger partial charge >= 0.3 is 5.97 Å². The number of esters is 1. The summed E-state index contributed by atoms with van der Waals surface area (Å²) < 4.78 is 4.64. The zero-order valence-electron chi connectivity index (χ0n) is 11.7.